The van der Waals surface area contributed by atoms with Gasteiger partial charge in [-0.1, -0.05) is 44.7 Å². The van der Waals surface area contributed by atoms with Crippen molar-refractivity contribution in [1.82, 2.24) is 15.1 Å². The molecule has 1 heterocycles. The molecule has 32 heavy (non-hydrogen) atoms. The van der Waals surface area contributed by atoms with Gasteiger partial charge >= 0.3 is 0 Å². The van der Waals surface area contributed by atoms with Gasteiger partial charge in [0, 0.05) is 31.7 Å². The molecule has 5 heteroatoms. The van der Waals surface area contributed by atoms with Gasteiger partial charge in [-0.25, -0.2) is 4.39 Å². The number of nitrogens with one attached hydrogen (secondary N) is 1. The molecular formula is C27H36FN3O. The van der Waals surface area contributed by atoms with Gasteiger partial charge in [-0.3, -0.25) is 0 Å². The molecule has 2 fully saturated rings. The second-order valence-electron chi connectivity index (χ2n) is 9.80. The van der Waals surface area contributed by atoms with Crippen molar-refractivity contribution < 1.29 is 9.13 Å². The molecule has 1 N–H and O–H groups in total. The van der Waals surface area contributed by atoms with Gasteiger partial charge in [0.05, 0.1) is 12.4 Å². The fourth-order valence-electron chi connectivity index (χ4n) is 5.00. The van der Waals surface area contributed by atoms with Crippen molar-refractivity contribution in [3.8, 4) is 5.75 Å². The highest BCUT2D eigenvalue weighted by Crippen LogP contribution is 2.40. The van der Waals surface area contributed by atoms with E-state index < -0.39 is 0 Å². The Morgan fingerprint density at radius 3 is 2.41 bits per heavy atom. The third kappa shape index (κ3) is 5.44. The molecule has 4 nitrogen and oxygen atoms in total. The molecule has 1 aliphatic carbocycles. The van der Waals surface area contributed by atoms with Crippen molar-refractivity contribution in [3.05, 3.63) is 77.9 Å². The maximum absolute atomic E-state index is 13.4. The maximum atomic E-state index is 13.4. The SMILES string of the molecule is C=C(NCc1ccc(OCC(C)C)cc1)N(Cc1ccc(F)cc1)[C@@H]1C[C@H]2C[C@@H]1CN2C. The minimum atomic E-state index is -0.195. The summed E-state index contributed by atoms with van der Waals surface area (Å²) in [5, 5.41) is 3.55. The van der Waals surface area contributed by atoms with Crippen molar-refractivity contribution in [3.63, 3.8) is 0 Å². The summed E-state index contributed by atoms with van der Waals surface area (Å²) >= 11 is 0. The highest BCUT2D eigenvalue weighted by atomic mass is 19.1. The van der Waals surface area contributed by atoms with Crippen LogP contribution >= 0.6 is 0 Å². The van der Waals surface area contributed by atoms with Crippen molar-refractivity contribution >= 4 is 0 Å². The molecule has 2 bridgehead atoms. The van der Waals surface area contributed by atoms with Crippen molar-refractivity contribution in [2.45, 2.75) is 51.9 Å². The van der Waals surface area contributed by atoms with Crippen LogP contribution in [0.4, 0.5) is 4.39 Å². The molecule has 0 radical (unpaired) electrons. The number of halogens is 1. The van der Waals surface area contributed by atoms with Crippen LogP contribution in [0.2, 0.25) is 0 Å². The first-order chi connectivity index (χ1) is 15.4. The number of piperidine rings is 1. The minimum Gasteiger partial charge on any atom is -0.493 e. The molecule has 2 aromatic carbocycles. The van der Waals surface area contributed by atoms with Crippen molar-refractivity contribution in [2.24, 2.45) is 11.8 Å². The molecular weight excluding hydrogens is 401 g/mol. The van der Waals surface area contributed by atoms with Gasteiger partial charge in [0.15, 0.2) is 0 Å². The first-order valence-electron chi connectivity index (χ1n) is 11.7. The number of hydrogen-bond acceptors (Lipinski definition) is 4. The fourth-order valence-corrected chi connectivity index (χ4v) is 5.00. The second kappa shape index (κ2) is 9.95. The van der Waals surface area contributed by atoms with Crippen molar-refractivity contribution in [2.75, 3.05) is 20.2 Å². The monoisotopic (exact) mass is 437 g/mol. The Hall–Kier alpha value is -2.53. The van der Waals surface area contributed by atoms with E-state index in [2.05, 4.69) is 54.7 Å². The number of hydrogen-bond donors (Lipinski definition) is 1. The summed E-state index contributed by atoms with van der Waals surface area (Å²) in [4.78, 5) is 4.89. The van der Waals surface area contributed by atoms with Crippen LogP contribution in [0.3, 0.4) is 0 Å². The van der Waals surface area contributed by atoms with E-state index >= 15 is 0 Å². The molecule has 3 atom stereocenters. The average Bonchev–Trinajstić information content (AvgIpc) is 3.36. The van der Waals surface area contributed by atoms with Crippen LogP contribution in [0.15, 0.2) is 60.9 Å². The number of nitrogens with zero attached hydrogens (tertiary/aromatic N) is 2. The van der Waals surface area contributed by atoms with Gasteiger partial charge < -0.3 is 19.9 Å². The van der Waals surface area contributed by atoms with Gasteiger partial charge in [-0.2, -0.15) is 0 Å². The maximum Gasteiger partial charge on any atom is 0.123 e. The number of fused-ring (bicyclic) bond motifs is 2. The highest BCUT2D eigenvalue weighted by Gasteiger charge is 2.45. The minimum absolute atomic E-state index is 0.195. The van der Waals surface area contributed by atoms with Gasteiger partial charge in [0.1, 0.15) is 11.6 Å². The zero-order valence-electron chi connectivity index (χ0n) is 19.6. The Balaban J connectivity index is 1.40. The zero-order chi connectivity index (χ0) is 22.7. The molecule has 4 rings (SSSR count). The summed E-state index contributed by atoms with van der Waals surface area (Å²) in [6.07, 6.45) is 2.41. The van der Waals surface area contributed by atoms with Gasteiger partial charge in [-0.15, -0.1) is 0 Å². The standard InChI is InChI=1S/C27H36FN3O/c1-19(2)18-32-26-11-7-21(8-12-26)15-29-20(3)31(16-22-5-9-24(28)10-6-22)27-14-25-13-23(27)17-30(25)4/h5-12,19,23,25,27,29H,3,13-18H2,1-2,4H3/t23-,25-,27-/m1/s1. The average molecular weight is 438 g/mol. The van der Waals surface area contributed by atoms with Crippen LogP contribution in [0.5, 0.6) is 5.75 Å². The number of likely N-dealkylation sites (tertiary alicyclic amines) is 1. The molecule has 2 aromatic rings. The molecule has 1 aliphatic heterocycles. The summed E-state index contributed by atoms with van der Waals surface area (Å²) < 4.78 is 19.2. The lowest BCUT2D eigenvalue weighted by Gasteiger charge is -2.39. The highest BCUT2D eigenvalue weighted by molar-refractivity contribution is 5.27. The summed E-state index contributed by atoms with van der Waals surface area (Å²) in [5.74, 6) is 2.82. The Morgan fingerprint density at radius 2 is 1.81 bits per heavy atom. The van der Waals surface area contributed by atoms with E-state index in [4.69, 9.17) is 4.74 Å². The smallest absolute Gasteiger partial charge is 0.123 e. The predicted molar refractivity (Wildman–Crippen MR) is 128 cm³/mol. The first kappa shape index (κ1) is 22.7. The molecule has 0 amide bonds. The number of rotatable bonds is 10. The van der Waals surface area contributed by atoms with E-state index in [0.717, 1.165) is 43.3 Å². The molecule has 2 aliphatic rings. The molecule has 1 saturated heterocycles. The normalized spacial score (nSPS) is 22.3. The number of benzene rings is 2. The summed E-state index contributed by atoms with van der Waals surface area (Å²) in [6.45, 7) is 12.0. The van der Waals surface area contributed by atoms with Gasteiger partial charge in [-0.05, 0) is 67.1 Å². The predicted octanol–water partition coefficient (Wildman–Crippen LogP) is 5.02. The lowest BCUT2D eigenvalue weighted by molar-refractivity contribution is 0.130. The Labute approximate surface area is 192 Å². The van der Waals surface area contributed by atoms with Crippen LogP contribution < -0.4 is 10.1 Å². The third-order valence-corrected chi connectivity index (χ3v) is 6.79. The Bertz CT molecular complexity index is 894. The summed E-state index contributed by atoms with van der Waals surface area (Å²) in [6, 6.07) is 16.2. The van der Waals surface area contributed by atoms with Crippen molar-refractivity contribution in [1.29, 1.82) is 0 Å². The molecule has 1 saturated carbocycles. The van der Waals surface area contributed by atoms with E-state index in [1.807, 2.05) is 24.3 Å². The zero-order valence-corrected chi connectivity index (χ0v) is 19.6. The third-order valence-electron chi connectivity index (χ3n) is 6.79. The number of ether oxygens (including phenoxy) is 1. The van der Waals surface area contributed by atoms with E-state index in [1.165, 1.54) is 12.0 Å². The quantitative estimate of drug-likeness (QED) is 0.565. The lowest BCUT2D eigenvalue weighted by atomic mass is 10.00. The Kier molecular flexibility index (Phi) is 7.04. The van der Waals surface area contributed by atoms with E-state index in [1.54, 1.807) is 12.1 Å². The summed E-state index contributed by atoms with van der Waals surface area (Å²) in [5.41, 5.74) is 2.30. The molecule has 0 spiro atoms. The Morgan fingerprint density at radius 1 is 1.12 bits per heavy atom. The van der Waals surface area contributed by atoms with Crippen LogP contribution in [0.1, 0.15) is 37.8 Å². The van der Waals surface area contributed by atoms with Crippen LogP contribution in [-0.2, 0) is 13.1 Å². The lowest BCUT2D eigenvalue weighted by Crippen LogP contribution is -2.46. The molecule has 0 aromatic heterocycles. The van der Waals surface area contributed by atoms with Crippen LogP contribution in [0, 0.1) is 17.7 Å². The molecule has 0 unspecified atom stereocenters. The topological polar surface area (TPSA) is 27.7 Å². The van der Waals surface area contributed by atoms with Crippen LogP contribution in [-0.4, -0.2) is 42.1 Å². The largest absolute Gasteiger partial charge is 0.493 e. The van der Waals surface area contributed by atoms with E-state index in [-0.39, 0.29) is 5.82 Å². The fraction of sp³-hybridized carbons (Fsp3) is 0.481. The van der Waals surface area contributed by atoms with Gasteiger partial charge in [0.25, 0.3) is 0 Å². The molecule has 172 valence electrons. The summed E-state index contributed by atoms with van der Waals surface area (Å²) in [7, 11) is 2.23. The van der Waals surface area contributed by atoms with E-state index in [0.29, 0.717) is 30.5 Å². The first-order valence-corrected chi connectivity index (χ1v) is 11.7. The van der Waals surface area contributed by atoms with Gasteiger partial charge in [0.2, 0.25) is 0 Å². The van der Waals surface area contributed by atoms with Crippen LogP contribution in [0.25, 0.3) is 0 Å². The second-order valence-corrected chi connectivity index (χ2v) is 9.80. The van der Waals surface area contributed by atoms with E-state index in [9.17, 15) is 4.39 Å².